The lowest BCUT2D eigenvalue weighted by Crippen LogP contribution is -2.49. The first-order valence-corrected chi connectivity index (χ1v) is 8.08. The average molecular weight is 339 g/mol. The molecular weight excluding hydrogens is 324 g/mol. The molecule has 2 N–H and O–H groups in total. The standard InChI is InChI=1S/C14H15ClN4O2S/c15-11-3-1-10(2-4-11)13-16-12(9-22-13)17-14(20)18-19-5-7-21-8-6-19/h1-4,9H,5-8H2,(H2,17,18,20). The van der Waals surface area contributed by atoms with Gasteiger partial charge in [-0.2, -0.15) is 0 Å². The van der Waals surface area contributed by atoms with E-state index in [4.69, 9.17) is 16.3 Å². The number of amides is 2. The van der Waals surface area contributed by atoms with Gasteiger partial charge in [0.05, 0.1) is 13.2 Å². The molecule has 0 unspecified atom stereocenters. The molecule has 1 aromatic heterocycles. The molecule has 1 aliphatic heterocycles. The molecule has 3 rings (SSSR count). The van der Waals surface area contributed by atoms with E-state index in [0.29, 0.717) is 37.1 Å². The van der Waals surface area contributed by atoms with E-state index in [0.717, 1.165) is 10.6 Å². The van der Waals surface area contributed by atoms with Crippen LogP contribution >= 0.6 is 22.9 Å². The molecule has 1 aromatic carbocycles. The third-order valence-corrected chi connectivity index (χ3v) is 4.25. The van der Waals surface area contributed by atoms with Gasteiger partial charge in [0.2, 0.25) is 0 Å². The quantitative estimate of drug-likeness (QED) is 0.903. The summed E-state index contributed by atoms with van der Waals surface area (Å²) in [5.74, 6) is 0.528. The Morgan fingerprint density at radius 2 is 2.00 bits per heavy atom. The van der Waals surface area contributed by atoms with Crippen molar-refractivity contribution in [2.45, 2.75) is 0 Å². The van der Waals surface area contributed by atoms with E-state index in [1.54, 1.807) is 0 Å². The van der Waals surface area contributed by atoms with Gasteiger partial charge < -0.3 is 4.74 Å². The van der Waals surface area contributed by atoms with Gasteiger partial charge in [-0.1, -0.05) is 23.7 Å². The highest BCUT2D eigenvalue weighted by Gasteiger charge is 2.14. The number of aromatic nitrogens is 1. The molecule has 0 spiro atoms. The van der Waals surface area contributed by atoms with Crippen LogP contribution in [0.5, 0.6) is 0 Å². The number of ether oxygens (including phenoxy) is 1. The molecule has 22 heavy (non-hydrogen) atoms. The van der Waals surface area contributed by atoms with Gasteiger partial charge in [0, 0.05) is 29.1 Å². The first kappa shape index (κ1) is 15.2. The highest BCUT2D eigenvalue weighted by molar-refractivity contribution is 7.13. The summed E-state index contributed by atoms with van der Waals surface area (Å²) in [4.78, 5) is 16.3. The van der Waals surface area contributed by atoms with Crippen LogP contribution in [0.3, 0.4) is 0 Å². The van der Waals surface area contributed by atoms with E-state index in [2.05, 4.69) is 15.7 Å². The minimum atomic E-state index is -0.296. The molecule has 0 aliphatic carbocycles. The van der Waals surface area contributed by atoms with Gasteiger partial charge >= 0.3 is 6.03 Å². The number of nitrogens with zero attached hydrogens (tertiary/aromatic N) is 2. The van der Waals surface area contributed by atoms with Crippen LogP contribution in [0.15, 0.2) is 29.6 Å². The van der Waals surface area contributed by atoms with E-state index in [1.165, 1.54) is 11.3 Å². The van der Waals surface area contributed by atoms with Crippen molar-refractivity contribution in [2.75, 3.05) is 31.6 Å². The maximum absolute atomic E-state index is 11.9. The van der Waals surface area contributed by atoms with Crippen LogP contribution in [0.4, 0.5) is 10.6 Å². The molecule has 1 aliphatic rings. The van der Waals surface area contributed by atoms with Gasteiger partial charge in [-0.15, -0.1) is 11.3 Å². The fourth-order valence-electron chi connectivity index (χ4n) is 2.02. The number of morpholine rings is 1. The second-order valence-corrected chi connectivity index (χ2v) is 6.00. The third-order valence-electron chi connectivity index (χ3n) is 3.11. The summed E-state index contributed by atoms with van der Waals surface area (Å²) in [5.41, 5.74) is 3.74. The van der Waals surface area contributed by atoms with Gasteiger partial charge in [0.15, 0.2) is 0 Å². The van der Waals surface area contributed by atoms with Crippen LogP contribution in [0.2, 0.25) is 5.02 Å². The predicted molar refractivity (Wildman–Crippen MR) is 87.1 cm³/mol. The van der Waals surface area contributed by atoms with Crippen LogP contribution in [-0.2, 0) is 4.74 Å². The summed E-state index contributed by atoms with van der Waals surface area (Å²) < 4.78 is 5.23. The largest absolute Gasteiger partial charge is 0.379 e. The SMILES string of the molecule is O=C(Nc1csc(-c2ccc(Cl)cc2)n1)NN1CCOCC1. The molecule has 0 saturated carbocycles. The molecule has 1 fully saturated rings. The zero-order valence-electron chi connectivity index (χ0n) is 11.7. The van der Waals surface area contributed by atoms with Crippen LogP contribution in [-0.4, -0.2) is 42.3 Å². The van der Waals surface area contributed by atoms with Crippen molar-refractivity contribution in [1.82, 2.24) is 15.4 Å². The Morgan fingerprint density at radius 3 is 2.73 bits per heavy atom. The van der Waals surface area contributed by atoms with Crippen molar-refractivity contribution >= 4 is 34.8 Å². The molecule has 0 bridgehead atoms. The van der Waals surface area contributed by atoms with Gasteiger partial charge in [0.1, 0.15) is 10.8 Å². The summed E-state index contributed by atoms with van der Waals surface area (Å²) in [6, 6.07) is 7.14. The van der Waals surface area contributed by atoms with Crippen molar-refractivity contribution in [1.29, 1.82) is 0 Å². The van der Waals surface area contributed by atoms with Gasteiger partial charge in [-0.25, -0.2) is 14.8 Å². The fraction of sp³-hybridized carbons (Fsp3) is 0.286. The van der Waals surface area contributed by atoms with Crippen molar-refractivity contribution in [3.8, 4) is 10.6 Å². The Morgan fingerprint density at radius 1 is 1.27 bits per heavy atom. The predicted octanol–water partition coefficient (Wildman–Crippen LogP) is 2.83. The van der Waals surface area contributed by atoms with Crippen LogP contribution < -0.4 is 10.7 Å². The van der Waals surface area contributed by atoms with Crippen LogP contribution in [0.25, 0.3) is 10.6 Å². The normalized spacial score (nSPS) is 15.5. The Kier molecular flexibility index (Phi) is 4.89. The lowest BCUT2D eigenvalue weighted by atomic mass is 10.2. The highest BCUT2D eigenvalue weighted by Crippen LogP contribution is 2.26. The first-order valence-electron chi connectivity index (χ1n) is 6.82. The summed E-state index contributed by atoms with van der Waals surface area (Å²) in [7, 11) is 0. The average Bonchev–Trinajstić information content (AvgIpc) is 2.97. The van der Waals surface area contributed by atoms with E-state index in [-0.39, 0.29) is 6.03 Å². The molecule has 2 aromatic rings. The highest BCUT2D eigenvalue weighted by atomic mass is 35.5. The van der Waals surface area contributed by atoms with Gasteiger partial charge in [-0.3, -0.25) is 10.7 Å². The Labute approximate surface area is 137 Å². The summed E-state index contributed by atoms with van der Waals surface area (Å²) in [5, 5.41) is 7.88. The van der Waals surface area contributed by atoms with Crippen molar-refractivity contribution in [3.63, 3.8) is 0 Å². The van der Waals surface area contributed by atoms with Crippen LogP contribution in [0.1, 0.15) is 0 Å². The first-order chi connectivity index (χ1) is 10.7. The molecule has 0 atom stereocenters. The molecule has 0 radical (unpaired) electrons. The number of hydrogen-bond acceptors (Lipinski definition) is 5. The van der Waals surface area contributed by atoms with Gasteiger partial charge in [0.25, 0.3) is 0 Å². The molecule has 116 valence electrons. The smallest absolute Gasteiger partial charge is 0.334 e. The number of hydrazine groups is 1. The van der Waals surface area contributed by atoms with E-state index in [9.17, 15) is 4.79 Å². The minimum absolute atomic E-state index is 0.296. The zero-order valence-corrected chi connectivity index (χ0v) is 13.3. The van der Waals surface area contributed by atoms with Crippen LogP contribution in [0, 0.1) is 0 Å². The molecule has 2 heterocycles. The molecule has 8 heteroatoms. The number of nitrogens with one attached hydrogen (secondary N) is 2. The number of anilines is 1. The van der Waals surface area contributed by atoms with Crippen molar-refractivity contribution in [2.24, 2.45) is 0 Å². The number of urea groups is 1. The maximum Gasteiger partial charge on any atom is 0.334 e. The number of benzene rings is 1. The zero-order chi connectivity index (χ0) is 15.4. The van der Waals surface area contributed by atoms with E-state index in [1.807, 2.05) is 34.7 Å². The Balaban J connectivity index is 1.59. The topological polar surface area (TPSA) is 66.5 Å². The summed E-state index contributed by atoms with van der Waals surface area (Å²) in [6.45, 7) is 2.61. The Hall–Kier alpha value is -1.67. The lowest BCUT2D eigenvalue weighted by molar-refractivity contribution is 0.0207. The maximum atomic E-state index is 11.9. The lowest BCUT2D eigenvalue weighted by Gasteiger charge is -2.26. The fourth-order valence-corrected chi connectivity index (χ4v) is 2.90. The number of carbonyl (C=O) groups excluding carboxylic acids is 1. The molecule has 1 saturated heterocycles. The molecular formula is C14H15ClN4O2S. The second-order valence-electron chi connectivity index (χ2n) is 4.71. The molecule has 2 amide bonds. The monoisotopic (exact) mass is 338 g/mol. The number of thiazole rings is 1. The third kappa shape index (κ3) is 3.95. The molecule has 6 nitrogen and oxygen atoms in total. The number of halogens is 1. The van der Waals surface area contributed by atoms with Crippen molar-refractivity contribution < 1.29 is 9.53 Å². The summed E-state index contributed by atoms with van der Waals surface area (Å²) in [6.07, 6.45) is 0. The van der Waals surface area contributed by atoms with Crippen molar-refractivity contribution in [3.05, 3.63) is 34.7 Å². The van der Waals surface area contributed by atoms with E-state index < -0.39 is 0 Å². The second kappa shape index (κ2) is 7.06. The number of hydrogen-bond donors (Lipinski definition) is 2. The Bertz CT molecular complexity index is 641. The number of rotatable bonds is 3. The summed E-state index contributed by atoms with van der Waals surface area (Å²) >= 11 is 7.34. The minimum Gasteiger partial charge on any atom is -0.379 e. The van der Waals surface area contributed by atoms with Gasteiger partial charge in [-0.05, 0) is 12.1 Å². The number of carbonyl (C=O) groups is 1. The van der Waals surface area contributed by atoms with E-state index >= 15 is 0 Å².